The first-order valence-electron chi connectivity index (χ1n) is 8.32. The van der Waals surface area contributed by atoms with Gasteiger partial charge in [-0.05, 0) is 48.9 Å². The van der Waals surface area contributed by atoms with E-state index in [1.165, 1.54) is 0 Å². The van der Waals surface area contributed by atoms with Gasteiger partial charge in [0.15, 0.2) is 5.78 Å². The number of hydrogen-bond donors (Lipinski definition) is 1. The molecule has 3 aromatic carbocycles. The van der Waals surface area contributed by atoms with Crippen molar-refractivity contribution >= 4 is 28.4 Å². The Morgan fingerprint density at radius 3 is 1.88 bits per heavy atom. The van der Waals surface area contributed by atoms with Gasteiger partial charge in [-0.15, -0.1) is 0 Å². The zero-order valence-corrected chi connectivity index (χ0v) is 14.5. The SMILES string of the molecule is CC(=O)C(=CNc1ccc(N=Nc2ccccc2)cc1)c1ccccc1. The van der Waals surface area contributed by atoms with Crippen molar-refractivity contribution in [1.29, 1.82) is 0 Å². The van der Waals surface area contributed by atoms with Gasteiger partial charge in [-0.25, -0.2) is 0 Å². The maximum absolute atomic E-state index is 11.9. The van der Waals surface area contributed by atoms with E-state index in [4.69, 9.17) is 0 Å². The Hall–Kier alpha value is -3.53. The molecule has 0 unspecified atom stereocenters. The normalized spacial score (nSPS) is 11.5. The summed E-state index contributed by atoms with van der Waals surface area (Å²) in [4.78, 5) is 11.9. The molecule has 0 heterocycles. The van der Waals surface area contributed by atoms with Crippen molar-refractivity contribution in [1.82, 2.24) is 0 Å². The predicted octanol–water partition coefficient (Wildman–Crippen LogP) is 6.14. The summed E-state index contributed by atoms with van der Waals surface area (Å²) in [6, 6.07) is 26.7. The van der Waals surface area contributed by atoms with Gasteiger partial charge in [-0.2, -0.15) is 10.2 Å². The van der Waals surface area contributed by atoms with Crippen LogP contribution in [0, 0.1) is 0 Å². The number of nitrogens with zero attached hydrogens (tertiary/aromatic N) is 2. The minimum absolute atomic E-state index is 0.0111. The minimum atomic E-state index is 0.0111. The van der Waals surface area contributed by atoms with E-state index < -0.39 is 0 Å². The Balaban J connectivity index is 1.70. The van der Waals surface area contributed by atoms with Crippen LogP contribution in [0.2, 0.25) is 0 Å². The van der Waals surface area contributed by atoms with Crippen molar-refractivity contribution < 1.29 is 4.79 Å². The maximum atomic E-state index is 11.9. The Kier molecular flexibility index (Phi) is 5.68. The molecule has 0 saturated heterocycles. The molecule has 0 aliphatic rings. The molecule has 0 aliphatic carbocycles. The van der Waals surface area contributed by atoms with E-state index >= 15 is 0 Å². The number of nitrogens with one attached hydrogen (secondary N) is 1. The Morgan fingerprint density at radius 1 is 0.769 bits per heavy atom. The fourth-order valence-corrected chi connectivity index (χ4v) is 2.40. The highest BCUT2D eigenvalue weighted by molar-refractivity contribution is 6.19. The van der Waals surface area contributed by atoms with Gasteiger partial charge in [0.1, 0.15) is 0 Å². The summed E-state index contributed by atoms with van der Waals surface area (Å²) >= 11 is 0. The van der Waals surface area contributed by atoms with Gasteiger partial charge >= 0.3 is 0 Å². The summed E-state index contributed by atoms with van der Waals surface area (Å²) in [7, 11) is 0. The first-order valence-corrected chi connectivity index (χ1v) is 8.32. The third kappa shape index (κ3) is 4.74. The van der Waals surface area contributed by atoms with Crippen LogP contribution in [-0.2, 0) is 4.79 Å². The third-order valence-corrected chi connectivity index (χ3v) is 3.75. The molecule has 0 saturated carbocycles. The summed E-state index contributed by atoms with van der Waals surface area (Å²) in [6.45, 7) is 1.56. The van der Waals surface area contributed by atoms with Crippen molar-refractivity contribution in [2.24, 2.45) is 10.2 Å². The molecular formula is C22H19N3O. The number of azo groups is 1. The van der Waals surface area contributed by atoms with E-state index in [1.807, 2.05) is 84.9 Å². The van der Waals surface area contributed by atoms with Gasteiger partial charge < -0.3 is 5.32 Å². The Labute approximate surface area is 152 Å². The largest absolute Gasteiger partial charge is 0.361 e. The molecule has 128 valence electrons. The van der Waals surface area contributed by atoms with Crippen LogP contribution < -0.4 is 5.32 Å². The lowest BCUT2D eigenvalue weighted by Crippen LogP contribution is -1.99. The second-order valence-corrected chi connectivity index (χ2v) is 5.71. The van der Waals surface area contributed by atoms with Gasteiger partial charge in [0.05, 0.1) is 11.4 Å². The van der Waals surface area contributed by atoms with E-state index in [0.29, 0.717) is 5.57 Å². The molecule has 0 spiro atoms. The van der Waals surface area contributed by atoms with Crippen LogP contribution in [0.5, 0.6) is 0 Å². The molecular weight excluding hydrogens is 322 g/mol. The molecule has 0 fully saturated rings. The molecule has 0 aliphatic heterocycles. The van der Waals surface area contributed by atoms with E-state index in [-0.39, 0.29) is 5.78 Å². The molecule has 0 atom stereocenters. The number of allylic oxidation sites excluding steroid dienone is 1. The number of hydrogen-bond acceptors (Lipinski definition) is 4. The average molecular weight is 341 g/mol. The maximum Gasteiger partial charge on any atom is 0.161 e. The molecule has 1 N–H and O–H groups in total. The lowest BCUT2D eigenvalue weighted by atomic mass is 10.0. The summed E-state index contributed by atoms with van der Waals surface area (Å²) in [5, 5.41) is 11.6. The Morgan fingerprint density at radius 2 is 1.31 bits per heavy atom. The van der Waals surface area contributed by atoms with Crippen LogP contribution >= 0.6 is 0 Å². The van der Waals surface area contributed by atoms with Crippen molar-refractivity contribution in [3.05, 3.63) is 96.7 Å². The van der Waals surface area contributed by atoms with Crippen LogP contribution in [0.3, 0.4) is 0 Å². The van der Waals surface area contributed by atoms with E-state index in [0.717, 1.165) is 22.6 Å². The number of benzene rings is 3. The number of carbonyl (C=O) groups excluding carboxylic acids is 1. The number of Topliss-reactive ketones (excluding diaryl/α,β-unsaturated/α-hetero) is 1. The standard InChI is InChI=1S/C22H19N3O/c1-17(26)22(18-8-4-2-5-9-18)16-23-19-12-14-21(15-13-19)25-24-20-10-6-3-7-11-20/h2-16,23H,1H3. The van der Waals surface area contributed by atoms with Crippen molar-refractivity contribution in [3.63, 3.8) is 0 Å². The number of carbonyl (C=O) groups is 1. The molecule has 0 amide bonds. The number of ketones is 1. The molecule has 4 heteroatoms. The Bertz CT molecular complexity index is 915. The zero-order chi connectivity index (χ0) is 18.2. The summed E-state index contributed by atoms with van der Waals surface area (Å²) in [6.07, 6.45) is 1.73. The quantitative estimate of drug-likeness (QED) is 0.432. The molecule has 3 aromatic rings. The zero-order valence-electron chi connectivity index (χ0n) is 14.5. The monoisotopic (exact) mass is 341 g/mol. The van der Waals surface area contributed by atoms with Crippen molar-refractivity contribution in [2.75, 3.05) is 5.32 Å². The van der Waals surface area contributed by atoms with Crippen LogP contribution in [0.15, 0.2) is 101 Å². The summed E-state index contributed by atoms with van der Waals surface area (Å²) in [5.41, 5.74) is 3.97. The highest BCUT2D eigenvalue weighted by atomic mass is 16.1. The predicted molar refractivity (Wildman–Crippen MR) is 106 cm³/mol. The van der Waals surface area contributed by atoms with E-state index in [2.05, 4.69) is 15.5 Å². The van der Waals surface area contributed by atoms with E-state index in [9.17, 15) is 4.79 Å². The number of anilines is 1. The van der Waals surface area contributed by atoms with Crippen LogP contribution in [0.1, 0.15) is 12.5 Å². The highest BCUT2D eigenvalue weighted by Gasteiger charge is 2.06. The topological polar surface area (TPSA) is 53.8 Å². The minimum Gasteiger partial charge on any atom is -0.361 e. The molecule has 26 heavy (non-hydrogen) atoms. The summed E-state index contributed by atoms with van der Waals surface area (Å²) < 4.78 is 0. The van der Waals surface area contributed by atoms with Gasteiger partial charge in [0.25, 0.3) is 0 Å². The fourth-order valence-electron chi connectivity index (χ4n) is 2.40. The van der Waals surface area contributed by atoms with E-state index in [1.54, 1.807) is 13.1 Å². The van der Waals surface area contributed by atoms with Crippen LogP contribution in [0.4, 0.5) is 17.1 Å². The molecule has 0 radical (unpaired) electrons. The fraction of sp³-hybridized carbons (Fsp3) is 0.0455. The first-order chi connectivity index (χ1) is 12.7. The van der Waals surface area contributed by atoms with Gasteiger partial charge in [0.2, 0.25) is 0 Å². The highest BCUT2D eigenvalue weighted by Crippen LogP contribution is 2.21. The van der Waals surface area contributed by atoms with Crippen LogP contribution in [-0.4, -0.2) is 5.78 Å². The summed E-state index contributed by atoms with van der Waals surface area (Å²) in [5.74, 6) is 0.0111. The third-order valence-electron chi connectivity index (χ3n) is 3.75. The van der Waals surface area contributed by atoms with Crippen LogP contribution in [0.25, 0.3) is 5.57 Å². The average Bonchev–Trinajstić information content (AvgIpc) is 2.69. The molecule has 0 bridgehead atoms. The second kappa shape index (κ2) is 8.53. The van der Waals surface area contributed by atoms with Gasteiger partial charge in [-0.1, -0.05) is 48.5 Å². The smallest absolute Gasteiger partial charge is 0.161 e. The first kappa shape index (κ1) is 17.3. The number of rotatable bonds is 6. The molecule has 0 aromatic heterocycles. The van der Waals surface area contributed by atoms with Crippen molar-refractivity contribution in [2.45, 2.75) is 6.92 Å². The lowest BCUT2D eigenvalue weighted by Gasteiger charge is -2.06. The van der Waals surface area contributed by atoms with Crippen molar-refractivity contribution in [3.8, 4) is 0 Å². The second-order valence-electron chi connectivity index (χ2n) is 5.71. The van der Waals surface area contributed by atoms with Gasteiger partial charge in [0, 0.05) is 17.5 Å². The lowest BCUT2D eigenvalue weighted by molar-refractivity contribution is -0.111. The van der Waals surface area contributed by atoms with Gasteiger partial charge in [-0.3, -0.25) is 4.79 Å². The molecule has 3 rings (SSSR count). The molecule has 4 nitrogen and oxygen atoms in total.